The van der Waals surface area contributed by atoms with Crippen LogP contribution in [0.2, 0.25) is 0 Å². The summed E-state index contributed by atoms with van der Waals surface area (Å²) in [7, 11) is 3.53. The maximum absolute atomic E-state index is 12.0. The molecule has 0 bridgehead atoms. The summed E-state index contributed by atoms with van der Waals surface area (Å²) in [4.78, 5) is 20.8. The number of hydrogen-bond acceptors (Lipinski definition) is 4. The van der Waals surface area contributed by atoms with Gasteiger partial charge in [0.1, 0.15) is 0 Å². The molecule has 1 amide bonds. The lowest BCUT2D eigenvalue weighted by Crippen LogP contribution is -2.47. The van der Waals surface area contributed by atoms with E-state index in [1.807, 2.05) is 24.3 Å². The highest BCUT2D eigenvalue weighted by Gasteiger charge is 2.23. The van der Waals surface area contributed by atoms with E-state index in [0.717, 1.165) is 63.6 Å². The zero-order valence-corrected chi connectivity index (χ0v) is 19.3. The first-order valence-corrected chi connectivity index (χ1v) is 11.6. The fraction of sp³-hybridized carbons (Fsp3) is 0.667. The van der Waals surface area contributed by atoms with Gasteiger partial charge in [-0.1, -0.05) is 12.1 Å². The van der Waals surface area contributed by atoms with Crippen LogP contribution in [0.3, 0.4) is 0 Å². The SMILES string of the molecule is CCNC(=NCc1ccc(C(=O)N(C)C)cc1)N1CCC(OCC2CCCCO2)CC1. The van der Waals surface area contributed by atoms with Crippen molar-refractivity contribution in [2.45, 2.75) is 57.8 Å². The van der Waals surface area contributed by atoms with Gasteiger partial charge in [-0.2, -0.15) is 0 Å². The number of aliphatic imine (C=N–C) groups is 1. The van der Waals surface area contributed by atoms with Crippen LogP contribution in [0.1, 0.15) is 54.9 Å². The van der Waals surface area contributed by atoms with Crippen molar-refractivity contribution in [3.8, 4) is 0 Å². The Balaban J connectivity index is 1.48. The molecule has 0 saturated carbocycles. The fourth-order valence-corrected chi connectivity index (χ4v) is 4.02. The maximum Gasteiger partial charge on any atom is 0.253 e. The number of likely N-dealkylation sites (tertiary alicyclic amines) is 1. The lowest BCUT2D eigenvalue weighted by atomic mass is 10.1. The van der Waals surface area contributed by atoms with Gasteiger partial charge in [-0.15, -0.1) is 0 Å². The van der Waals surface area contributed by atoms with Crippen LogP contribution < -0.4 is 5.32 Å². The van der Waals surface area contributed by atoms with Gasteiger partial charge in [0.05, 0.1) is 25.4 Å². The highest BCUT2D eigenvalue weighted by Crippen LogP contribution is 2.18. The summed E-state index contributed by atoms with van der Waals surface area (Å²) in [5.74, 6) is 0.966. The van der Waals surface area contributed by atoms with Crippen LogP contribution in [-0.4, -0.2) is 80.8 Å². The second-order valence-electron chi connectivity index (χ2n) is 8.57. The van der Waals surface area contributed by atoms with Gasteiger partial charge >= 0.3 is 0 Å². The van der Waals surface area contributed by atoms with E-state index in [1.165, 1.54) is 12.8 Å². The number of carbonyl (C=O) groups is 1. The molecular weight excluding hydrogens is 392 g/mol. The topological polar surface area (TPSA) is 66.4 Å². The van der Waals surface area contributed by atoms with E-state index < -0.39 is 0 Å². The molecule has 1 aromatic carbocycles. The maximum atomic E-state index is 12.0. The highest BCUT2D eigenvalue weighted by atomic mass is 16.5. The molecule has 0 aromatic heterocycles. The summed E-state index contributed by atoms with van der Waals surface area (Å²) < 4.78 is 11.9. The highest BCUT2D eigenvalue weighted by molar-refractivity contribution is 5.93. The Labute approximate surface area is 186 Å². The molecule has 7 heteroatoms. The predicted molar refractivity (Wildman–Crippen MR) is 123 cm³/mol. The number of hydrogen-bond donors (Lipinski definition) is 1. The van der Waals surface area contributed by atoms with Crippen molar-refractivity contribution in [1.29, 1.82) is 0 Å². The van der Waals surface area contributed by atoms with Crippen LogP contribution in [0, 0.1) is 0 Å². The normalized spacial score (nSPS) is 20.5. The minimum Gasteiger partial charge on any atom is -0.376 e. The van der Waals surface area contributed by atoms with Gasteiger partial charge in [0.25, 0.3) is 5.91 Å². The third kappa shape index (κ3) is 7.21. The minimum atomic E-state index is 0.0172. The standard InChI is InChI=1S/C24H38N4O3/c1-4-25-24(26-17-19-8-10-20(11-9-19)23(29)27(2)3)28-14-12-21(13-15-28)31-18-22-7-5-6-16-30-22/h8-11,21-22H,4-7,12-18H2,1-3H3,(H,25,26). The molecule has 2 aliphatic heterocycles. The summed E-state index contributed by atoms with van der Waals surface area (Å²) in [6, 6.07) is 7.71. The van der Waals surface area contributed by atoms with E-state index in [0.29, 0.717) is 18.2 Å². The second kappa shape index (κ2) is 12.1. The number of nitrogens with zero attached hydrogens (tertiary/aromatic N) is 3. The van der Waals surface area contributed by atoms with E-state index in [-0.39, 0.29) is 12.0 Å². The van der Waals surface area contributed by atoms with Gasteiger partial charge in [0, 0.05) is 45.9 Å². The van der Waals surface area contributed by atoms with Crippen molar-refractivity contribution in [2.75, 3.05) is 46.9 Å². The number of piperidine rings is 1. The van der Waals surface area contributed by atoms with Gasteiger partial charge in [-0.25, -0.2) is 4.99 Å². The van der Waals surface area contributed by atoms with Crippen molar-refractivity contribution in [3.63, 3.8) is 0 Å². The molecule has 3 rings (SSSR count). The quantitative estimate of drug-likeness (QED) is 0.532. The van der Waals surface area contributed by atoms with E-state index >= 15 is 0 Å². The minimum absolute atomic E-state index is 0.0172. The Morgan fingerprint density at radius 1 is 1.19 bits per heavy atom. The van der Waals surface area contributed by atoms with E-state index in [2.05, 4.69) is 17.1 Å². The summed E-state index contributed by atoms with van der Waals surface area (Å²) in [5.41, 5.74) is 1.79. The molecule has 2 heterocycles. The smallest absolute Gasteiger partial charge is 0.253 e. The number of benzene rings is 1. The number of guanidine groups is 1. The van der Waals surface area contributed by atoms with Crippen molar-refractivity contribution in [3.05, 3.63) is 35.4 Å². The lowest BCUT2D eigenvalue weighted by molar-refractivity contribution is -0.0721. The molecule has 0 radical (unpaired) electrons. The molecule has 7 nitrogen and oxygen atoms in total. The monoisotopic (exact) mass is 430 g/mol. The number of nitrogens with one attached hydrogen (secondary N) is 1. The van der Waals surface area contributed by atoms with Crippen LogP contribution >= 0.6 is 0 Å². The van der Waals surface area contributed by atoms with Crippen LogP contribution in [-0.2, 0) is 16.0 Å². The van der Waals surface area contributed by atoms with Gasteiger partial charge < -0.3 is 24.6 Å². The first-order chi connectivity index (χ1) is 15.1. The van der Waals surface area contributed by atoms with Gasteiger partial charge in [-0.05, 0) is 56.7 Å². The summed E-state index contributed by atoms with van der Waals surface area (Å²) in [6.45, 7) is 7.02. The summed E-state index contributed by atoms with van der Waals surface area (Å²) in [6.07, 6.45) is 6.18. The summed E-state index contributed by atoms with van der Waals surface area (Å²) in [5, 5.41) is 3.42. The van der Waals surface area contributed by atoms with Crippen LogP contribution in [0.25, 0.3) is 0 Å². The first-order valence-electron chi connectivity index (χ1n) is 11.6. The Morgan fingerprint density at radius 2 is 1.94 bits per heavy atom. The largest absolute Gasteiger partial charge is 0.376 e. The molecule has 2 fully saturated rings. The van der Waals surface area contributed by atoms with Crippen LogP contribution in [0.5, 0.6) is 0 Å². The Bertz CT molecular complexity index is 706. The van der Waals surface area contributed by atoms with Crippen molar-refractivity contribution >= 4 is 11.9 Å². The predicted octanol–water partition coefficient (Wildman–Crippen LogP) is 2.90. The van der Waals surface area contributed by atoms with Crippen molar-refractivity contribution < 1.29 is 14.3 Å². The first kappa shape index (κ1) is 23.5. The van der Waals surface area contributed by atoms with Crippen molar-refractivity contribution in [2.24, 2.45) is 4.99 Å². The molecule has 2 aliphatic rings. The average molecular weight is 431 g/mol. The number of rotatable bonds is 7. The Kier molecular flexibility index (Phi) is 9.15. The van der Waals surface area contributed by atoms with Crippen LogP contribution in [0.15, 0.2) is 29.3 Å². The number of ether oxygens (including phenoxy) is 2. The third-order valence-electron chi connectivity index (χ3n) is 5.89. The van der Waals surface area contributed by atoms with Gasteiger partial charge in [-0.3, -0.25) is 4.79 Å². The molecule has 0 aliphatic carbocycles. The molecule has 1 atom stereocenters. The zero-order valence-electron chi connectivity index (χ0n) is 19.3. The van der Waals surface area contributed by atoms with Gasteiger partial charge in [0.15, 0.2) is 5.96 Å². The van der Waals surface area contributed by atoms with E-state index in [4.69, 9.17) is 14.5 Å². The molecule has 1 N–H and O–H groups in total. The van der Waals surface area contributed by atoms with Gasteiger partial charge in [0.2, 0.25) is 0 Å². The molecule has 1 unspecified atom stereocenters. The second-order valence-corrected chi connectivity index (χ2v) is 8.57. The molecule has 172 valence electrons. The summed E-state index contributed by atoms with van der Waals surface area (Å²) >= 11 is 0. The third-order valence-corrected chi connectivity index (χ3v) is 5.89. The molecule has 2 saturated heterocycles. The molecule has 1 aromatic rings. The molecule has 0 spiro atoms. The molecular formula is C24H38N4O3. The van der Waals surface area contributed by atoms with E-state index in [1.54, 1.807) is 19.0 Å². The number of carbonyl (C=O) groups excluding carboxylic acids is 1. The number of amides is 1. The van der Waals surface area contributed by atoms with Crippen LogP contribution in [0.4, 0.5) is 0 Å². The molecule has 31 heavy (non-hydrogen) atoms. The zero-order chi connectivity index (χ0) is 22.1. The van der Waals surface area contributed by atoms with E-state index in [9.17, 15) is 4.79 Å². The Hall–Kier alpha value is -2.12. The Morgan fingerprint density at radius 3 is 2.55 bits per heavy atom. The fourth-order valence-electron chi connectivity index (χ4n) is 4.02. The average Bonchev–Trinajstić information content (AvgIpc) is 2.81. The van der Waals surface area contributed by atoms with Crippen molar-refractivity contribution in [1.82, 2.24) is 15.1 Å². The lowest BCUT2D eigenvalue weighted by Gasteiger charge is -2.35.